The van der Waals surface area contributed by atoms with Gasteiger partial charge in [-0.15, -0.1) is 0 Å². The van der Waals surface area contributed by atoms with Gasteiger partial charge in [0, 0.05) is 18.2 Å². The lowest BCUT2D eigenvalue weighted by atomic mass is 10.0. The van der Waals surface area contributed by atoms with Crippen molar-refractivity contribution in [3.05, 3.63) is 58.6 Å². The van der Waals surface area contributed by atoms with Gasteiger partial charge in [-0.25, -0.2) is 0 Å². The quantitative estimate of drug-likeness (QED) is 0.734. The second kappa shape index (κ2) is 7.18. The molecule has 1 atom stereocenters. The lowest BCUT2D eigenvalue weighted by molar-refractivity contribution is 0.0635. The van der Waals surface area contributed by atoms with Crippen LogP contribution >= 0.6 is 15.9 Å². The molecule has 1 aliphatic rings. The molecule has 0 saturated carbocycles. The SMILES string of the molecule is CC1CCCCN1C(=O)c1ccc(Oc2ccccc2Br)cc1. The van der Waals surface area contributed by atoms with Crippen LogP contribution in [0.25, 0.3) is 0 Å². The molecule has 0 bridgehead atoms. The summed E-state index contributed by atoms with van der Waals surface area (Å²) in [6.45, 7) is 2.98. The number of carbonyl (C=O) groups excluding carboxylic acids is 1. The van der Waals surface area contributed by atoms with Gasteiger partial charge in [-0.3, -0.25) is 4.79 Å². The van der Waals surface area contributed by atoms with E-state index in [4.69, 9.17) is 4.74 Å². The minimum atomic E-state index is 0.115. The number of para-hydroxylation sites is 1. The largest absolute Gasteiger partial charge is 0.456 e. The highest BCUT2D eigenvalue weighted by Crippen LogP contribution is 2.29. The molecule has 2 aromatic rings. The predicted octanol–water partition coefficient (Wildman–Crippen LogP) is 5.26. The number of piperidine rings is 1. The van der Waals surface area contributed by atoms with Crippen LogP contribution in [0, 0.1) is 0 Å². The number of amides is 1. The number of carbonyl (C=O) groups is 1. The molecule has 0 aliphatic carbocycles. The van der Waals surface area contributed by atoms with Crippen molar-refractivity contribution in [2.24, 2.45) is 0 Å². The first-order valence-electron chi connectivity index (χ1n) is 7.98. The monoisotopic (exact) mass is 373 g/mol. The van der Waals surface area contributed by atoms with Crippen molar-refractivity contribution in [3.8, 4) is 11.5 Å². The Hall–Kier alpha value is -1.81. The molecule has 2 aromatic carbocycles. The van der Waals surface area contributed by atoms with Crippen LogP contribution in [0.1, 0.15) is 36.5 Å². The van der Waals surface area contributed by atoms with Crippen LogP contribution in [0.2, 0.25) is 0 Å². The number of likely N-dealkylation sites (tertiary alicyclic amines) is 1. The second-order valence-corrected chi connectivity index (χ2v) is 6.75. The number of ether oxygens (including phenoxy) is 1. The maximum atomic E-state index is 12.6. The molecule has 0 N–H and O–H groups in total. The molecule has 120 valence electrons. The molecule has 4 heteroatoms. The van der Waals surface area contributed by atoms with Crippen molar-refractivity contribution in [3.63, 3.8) is 0 Å². The van der Waals surface area contributed by atoms with Crippen LogP contribution in [0.15, 0.2) is 53.0 Å². The van der Waals surface area contributed by atoms with E-state index in [2.05, 4.69) is 22.9 Å². The Labute approximate surface area is 145 Å². The van der Waals surface area contributed by atoms with Gasteiger partial charge in [0.2, 0.25) is 0 Å². The maximum Gasteiger partial charge on any atom is 0.254 e. The van der Waals surface area contributed by atoms with E-state index in [1.807, 2.05) is 53.4 Å². The molecule has 1 amide bonds. The number of halogens is 1. The third-order valence-electron chi connectivity index (χ3n) is 4.23. The second-order valence-electron chi connectivity index (χ2n) is 5.90. The van der Waals surface area contributed by atoms with E-state index in [1.54, 1.807) is 0 Å². The van der Waals surface area contributed by atoms with Gasteiger partial charge in [0.05, 0.1) is 4.47 Å². The van der Waals surface area contributed by atoms with Crippen molar-refractivity contribution in [1.29, 1.82) is 0 Å². The topological polar surface area (TPSA) is 29.5 Å². The fourth-order valence-electron chi connectivity index (χ4n) is 2.89. The van der Waals surface area contributed by atoms with Crippen molar-refractivity contribution < 1.29 is 9.53 Å². The molecule has 3 nitrogen and oxygen atoms in total. The van der Waals surface area contributed by atoms with E-state index in [1.165, 1.54) is 6.42 Å². The molecule has 0 aromatic heterocycles. The van der Waals surface area contributed by atoms with E-state index in [9.17, 15) is 4.79 Å². The summed E-state index contributed by atoms with van der Waals surface area (Å²) in [4.78, 5) is 14.6. The summed E-state index contributed by atoms with van der Waals surface area (Å²) in [5.41, 5.74) is 0.721. The zero-order valence-corrected chi connectivity index (χ0v) is 14.8. The highest BCUT2D eigenvalue weighted by Gasteiger charge is 2.24. The highest BCUT2D eigenvalue weighted by molar-refractivity contribution is 9.10. The van der Waals surface area contributed by atoms with Gasteiger partial charge in [-0.1, -0.05) is 12.1 Å². The van der Waals surface area contributed by atoms with Crippen molar-refractivity contribution in [1.82, 2.24) is 4.90 Å². The van der Waals surface area contributed by atoms with Gasteiger partial charge in [0.1, 0.15) is 11.5 Å². The Balaban J connectivity index is 1.72. The molecule has 1 fully saturated rings. The number of hydrogen-bond acceptors (Lipinski definition) is 2. The first-order valence-corrected chi connectivity index (χ1v) is 8.78. The standard InChI is InChI=1S/C19H20BrNO2/c1-14-6-4-5-13-21(14)19(22)15-9-11-16(12-10-15)23-18-8-3-2-7-17(18)20/h2-3,7-12,14H,4-6,13H2,1H3. The van der Waals surface area contributed by atoms with Gasteiger partial charge < -0.3 is 9.64 Å². The summed E-state index contributed by atoms with van der Waals surface area (Å²) in [5, 5.41) is 0. The lowest BCUT2D eigenvalue weighted by Crippen LogP contribution is -2.41. The normalized spacial score (nSPS) is 17.8. The van der Waals surface area contributed by atoms with Crippen LogP contribution in [0.5, 0.6) is 11.5 Å². The van der Waals surface area contributed by atoms with E-state index < -0.39 is 0 Å². The Kier molecular flexibility index (Phi) is 5.01. The molecule has 3 rings (SSSR count). The first-order chi connectivity index (χ1) is 11.1. The van der Waals surface area contributed by atoms with Gasteiger partial charge in [0.25, 0.3) is 5.91 Å². The summed E-state index contributed by atoms with van der Waals surface area (Å²) < 4.78 is 6.74. The minimum absolute atomic E-state index is 0.115. The Morgan fingerprint density at radius 2 is 1.87 bits per heavy atom. The zero-order chi connectivity index (χ0) is 16.2. The molecule has 23 heavy (non-hydrogen) atoms. The molecular weight excluding hydrogens is 354 g/mol. The maximum absolute atomic E-state index is 12.6. The van der Waals surface area contributed by atoms with Gasteiger partial charge in [-0.2, -0.15) is 0 Å². The molecular formula is C19H20BrNO2. The van der Waals surface area contributed by atoms with Crippen molar-refractivity contribution in [2.45, 2.75) is 32.2 Å². The number of nitrogens with zero attached hydrogens (tertiary/aromatic N) is 1. The van der Waals surface area contributed by atoms with Gasteiger partial charge in [0.15, 0.2) is 0 Å². The molecule has 1 aliphatic heterocycles. The molecule has 0 spiro atoms. The average Bonchev–Trinajstić information content (AvgIpc) is 2.57. The lowest BCUT2D eigenvalue weighted by Gasteiger charge is -2.33. The smallest absolute Gasteiger partial charge is 0.254 e. The van der Waals surface area contributed by atoms with E-state index in [-0.39, 0.29) is 5.91 Å². The van der Waals surface area contributed by atoms with Crippen LogP contribution in [0.4, 0.5) is 0 Å². The van der Waals surface area contributed by atoms with Crippen molar-refractivity contribution >= 4 is 21.8 Å². The third-order valence-corrected chi connectivity index (χ3v) is 4.88. The third kappa shape index (κ3) is 3.75. The Bertz CT molecular complexity index is 684. The summed E-state index contributed by atoms with van der Waals surface area (Å²) >= 11 is 3.46. The zero-order valence-electron chi connectivity index (χ0n) is 13.2. The van der Waals surface area contributed by atoms with Crippen LogP contribution in [-0.4, -0.2) is 23.4 Å². The van der Waals surface area contributed by atoms with Gasteiger partial charge in [-0.05, 0) is 78.5 Å². The van der Waals surface area contributed by atoms with Crippen molar-refractivity contribution in [2.75, 3.05) is 6.54 Å². The predicted molar refractivity (Wildman–Crippen MR) is 95.0 cm³/mol. The summed E-state index contributed by atoms with van der Waals surface area (Å²) in [6.07, 6.45) is 3.40. The molecule has 1 saturated heterocycles. The molecule has 1 heterocycles. The molecule has 0 radical (unpaired) electrons. The first kappa shape index (κ1) is 16.1. The van der Waals surface area contributed by atoms with Crippen LogP contribution in [0.3, 0.4) is 0 Å². The van der Waals surface area contributed by atoms with E-state index >= 15 is 0 Å². The Morgan fingerprint density at radius 1 is 1.13 bits per heavy atom. The highest BCUT2D eigenvalue weighted by atomic mass is 79.9. The van der Waals surface area contributed by atoms with Crippen LogP contribution in [-0.2, 0) is 0 Å². The van der Waals surface area contributed by atoms with E-state index in [0.717, 1.165) is 40.9 Å². The molecule has 1 unspecified atom stereocenters. The number of hydrogen-bond donors (Lipinski definition) is 0. The van der Waals surface area contributed by atoms with Gasteiger partial charge >= 0.3 is 0 Å². The average molecular weight is 374 g/mol. The van der Waals surface area contributed by atoms with E-state index in [0.29, 0.717) is 6.04 Å². The number of benzene rings is 2. The summed E-state index contributed by atoms with van der Waals surface area (Å²) in [5.74, 6) is 1.60. The fraction of sp³-hybridized carbons (Fsp3) is 0.316. The summed E-state index contributed by atoms with van der Waals surface area (Å²) in [7, 11) is 0. The number of rotatable bonds is 3. The Morgan fingerprint density at radius 3 is 2.57 bits per heavy atom. The van der Waals surface area contributed by atoms with Crippen LogP contribution < -0.4 is 4.74 Å². The minimum Gasteiger partial charge on any atom is -0.456 e. The summed E-state index contributed by atoms with van der Waals surface area (Å²) in [6, 6.07) is 15.4. The fourth-order valence-corrected chi connectivity index (χ4v) is 3.25.